The summed E-state index contributed by atoms with van der Waals surface area (Å²) >= 11 is 0. The molecule has 0 fully saturated rings. The van der Waals surface area contributed by atoms with E-state index in [2.05, 4.69) is 29.6 Å². The molecule has 0 aromatic heterocycles. The van der Waals surface area contributed by atoms with Gasteiger partial charge in [0.2, 0.25) is 11.6 Å². The van der Waals surface area contributed by atoms with Crippen molar-refractivity contribution >= 4 is 17.3 Å². The summed E-state index contributed by atoms with van der Waals surface area (Å²) < 4.78 is 0. The van der Waals surface area contributed by atoms with Crippen LogP contribution in [0.2, 0.25) is 0 Å². The Hall–Kier alpha value is -3.50. The third-order valence-electron chi connectivity index (χ3n) is 5.25. The Balaban J connectivity index is 1.88. The molecule has 3 aromatic rings. The normalized spacial score (nSPS) is 13.7. The van der Waals surface area contributed by atoms with Crippen LogP contribution in [0.3, 0.4) is 0 Å². The lowest BCUT2D eigenvalue weighted by Crippen LogP contribution is -2.35. The standard InChI is InChI=1S/C26H24N2O2/c1-28(2)17-22-24(20-15-9-10-16-21(20)25(29)26(22)30)27-23(18-11-5-3-6-12-18)19-13-7-4-8-14-19/h3-16,23,27H,17H2,1-2H3. The van der Waals surface area contributed by atoms with Gasteiger partial charge in [-0.1, -0.05) is 84.9 Å². The lowest BCUT2D eigenvalue weighted by atomic mass is 9.86. The maximum atomic E-state index is 13.0. The van der Waals surface area contributed by atoms with E-state index in [1.165, 1.54) is 0 Å². The van der Waals surface area contributed by atoms with Crippen molar-refractivity contribution in [2.45, 2.75) is 6.04 Å². The van der Waals surface area contributed by atoms with Gasteiger partial charge in [-0.05, 0) is 25.2 Å². The minimum Gasteiger partial charge on any atom is -0.373 e. The highest BCUT2D eigenvalue weighted by Gasteiger charge is 2.33. The summed E-state index contributed by atoms with van der Waals surface area (Å²) in [7, 11) is 3.80. The van der Waals surface area contributed by atoms with Crippen LogP contribution in [0.5, 0.6) is 0 Å². The zero-order valence-corrected chi connectivity index (χ0v) is 17.1. The van der Waals surface area contributed by atoms with E-state index in [4.69, 9.17) is 0 Å². The Bertz CT molecular complexity index is 1060. The lowest BCUT2D eigenvalue weighted by molar-refractivity contribution is -0.112. The van der Waals surface area contributed by atoms with Crippen LogP contribution in [0.15, 0.2) is 90.5 Å². The topological polar surface area (TPSA) is 49.4 Å². The molecule has 0 aliphatic heterocycles. The number of Topliss-reactive ketones (excluding diaryl/α,β-unsaturated/α-hetero) is 2. The van der Waals surface area contributed by atoms with E-state index >= 15 is 0 Å². The summed E-state index contributed by atoms with van der Waals surface area (Å²) in [5.41, 5.74) is 4.62. The maximum Gasteiger partial charge on any atom is 0.233 e. The van der Waals surface area contributed by atoms with Crippen LogP contribution in [0, 0.1) is 0 Å². The van der Waals surface area contributed by atoms with Crippen LogP contribution in [0.25, 0.3) is 5.70 Å². The largest absolute Gasteiger partial charge is 0.373 e. The Morgan fingerprint density at radius 3 is 1.73 bits per heavy atom. The second-order valence-corrected chi connectivity index (χ2v) is 7.69. The number of fused-ring (bicyclic) bond motifs is 1. The van der Waals surface area contributed by atoms with Crippen molar-refractivity contribution in [2.24, 2.45) is 0 Å². The number of hydrogen-bond acceptors (Lipinski definition) is 4. The molecule has 0 spiro atoms. The van der Waals surface area contributed by atoms with Crippen LogP contribution in [-0.2, 0) is 4.79 Å². The van der Waals surface area contributed by atoms with E-state index in [9.17, 15) is 9.59 Å². The fraction of sp³-hybridized carbons (Fsp3) is 0.154. The fourth-order valence-corrected chi connectivity index (χ4v) is 3.86. The Kier molecular flexibility index (Phi) is 5.59. The number of nitrogens with one attached hydrogen (secondary N) is 1. The highest BCUT2D eigenvalue weighted by molar-refractivity contribution is 6.52. The molecule has 1 aliphatic rings. The predicted molar refractivity (Wildman–Crippen MR) is 119 cm³/mol. The molecule has 30 heavy (non-hydrogen) atoms. The summed E-state index contributed by atoms with van der Waals surface area (Å²) in [6.45, 7) is 0.386. The minimum atomic E-state index is -0.441. The van der Waals surface area contributed by atoms with E-state index < -0.39 is 11.6 Å². The van der Waals surface area contributed by atoms with Gasteiger partial charge < -0.3 is 10.2 Å². The molecular weight excluding hydrogens is 372 g/mol. The van der Waals surface area contributed by atoms with Crippen LogP contribution in [0.1, 0.15) is 33.1 Å². The number of ketones is 2. The average molecular weight is 396 g/mol. The van der Waals surface area contributed by atoms with Crippen molar-refractivity contribution in [1.29, 1.82) is 0 Å². The fourth-order valence-electron chi connectivity index (χ4n) is 3.86. The van der Waals surface area contributed by atoms with Gasteiger partial charge >= 0.3 is 0 Å². The first kappa shape index (κ1) is 19.8. The highest BCUT2D eigenvalue weighted by Crippen LogP contribution is 2.32. The third-order valence-corrected chi connectivity index (χ3v) is 5.25. The average Bonchev–Trinajstić information content (AvgIpc) is 2.78. The second kappa shape index (κ2) is 8.47. The van der Waals surface area contributed by atoms with E-state index in [1.54, 1.807) is 12.1 Å². The molecule has 0 radical (unpaired) electrons. The lowest BCUT2D eigenvalue weighted by Gasteiger charge is -2.29. The SMILES string of the molecule is CN(C)CC1=C(NC(c2ccccc2)c2ccccc2)c2ccccc2C(=O)C1=O. The van der Waals surface area contributed by atoms with E-state index in [-0.39, 0.29) is 6.04 Å². The zero-order chi connectivity index (χ0) is 21.1. The molecule has 0 saturated carbocycles. The molecule has 0 atom stereocenters. The van der Waals surface area contributed by atoms with Crippen LogP contribution in [0.4, 0.5) is 0 Å². The van der Waals surface area contributed by atoms with Crippen LogP contribution < -0.4 is 5.32 Å². The Labute approximate surface area is 176 Å². The van der Waals surface area contributed by atoms with Crippen LogP contribution >= 0.6 is 0 Å². The number of hydrogen-bond donors (Lipinski definition) is 1. The molecule has 150 valence electrons. The van der Waals surface area contributed by atoms with E-state index in [0.29, 0.717) is 17.7 Å². The minimum absolute atomic E-state index is 0.159. The van der Waals surface area contributed by atoms with Crippen molar-refractivity contribution in [1.82, 2.24) is 10.2 Å². The number of benzene rings is 3. The summed E-state index contributed by atoms with van der Waals surface area (Å²) in [4.78, 5) is 27.7. The number of rotatable bonds is 6. The van der Waals surface area contributed by atoms with E-state index in [1.807, 2.05) is 67.5 Å². The van der Waals surface area contributed by atoms with Gasteiger partial charge in [-0.15, -0.1) is 0 Å². The molecule has 0 bridgehead atoms. The quantitative estimate of drug-likeness (QED) is 0.637. The summed E-state index contributed by atoms with van der Waals surface area (Å²) in [5.74, 6) is -0.881. The molecular formula is C26H24N2O2. The smallest absolute Gasteiger partial charge is 0.233 e. The number of nitrogens with zero attached hydrogens (tertiary/aromatic N) is 1. The zero-order valence-electron chi connectivity index (χ0n) is 17.1. The molecule has 1 N–H and O–H groups in total. The van der Waals surface area contributed by atoms with Gasteiger partial charge in [0.25, 0.3) is 0 Å². The summed E-state index contributed by atoms with van der Waals surface area (Å²) in [6.07, 6.45) is 0. The Morgan fingerprint density at radius 2 is 1.20 bits per heavy atom. The molecule has 1 aliphatic carbocycles. The number of carbonyl (C=O) groups is 2. The van der Waals surface area contributed by atoms with Crippen molar-refractivity contribution < 1.29 is 9.59 Å². The van der Waals surface area contributed by atoms with Gasteiger partial charge in [-0.3, -0.25) is 9.59 Å². The molecule has 0 heterocycles. The first-order chi connectivity index (χ1) is 14.6. The monoisotopic (exact) mass is 396 g/mol. The molecule has 3 aromatic carbocycles. The third kappa shape index (κ3) is 3.82. The van der Waals surface area contributed by atoms with Crippen molar-refractivity contribution in [3.63, 3.8) is 0 Å². The highest BCUT2D eigenvalue weighted by atomic mass is 16.2. The molecule has 4 rings (SSSR count). The molecule has 0 amide bonds. The first-order valence-electron chi connectivity index (χ1n) is 9.99. The van der Waals surface area contributed by atoms with Gasteiger partial charge in [-0.2, -0.15) is 0 Å². The second-order valence-electron chi connectivity index (χ2n) is 7.69. The van der Waals surface area contributed by atoms with Crippen molar-refractivity contribution in [3.8, 4) is 0 Å². The van der Waals surface area contributed by atoms with E-state index in [0.717, 1.165) is 22.4 Å². The molecule has 0 unspecified atom stereocenters. The molecule has 0 saturated heterocycles. The molecule has 4 heteroatoms. The first-order valence-corrected chi connectivity index (χ1v) is 9.99. The molecule has 4 nitrogen and oxygen atoms in total. The number of carbonyl (C=O) groups excluding carboxylic acids is 2. The predicted octanol–water partition coefficient (Wildman–Crippen LogP) is 4.10. The maximum absolute atomic E-state index is 13.0. The van der Waals surface area contributed by atoms with Crippen LogP contribution in [-0.4, -0.2) is 37.1 Å². The van der Waals surface area contributed by atoms with Gasteiger partial charge in [-0.25, -0.2) is 0 Å². The Morgan fingerprint density at radius 1 is 0.700 bits per heavy atom. The number of likely N-dealkylation sites (N-methyl/N-ethyl adjacent to an activating group) is 1. The summed E-state index contributed by atoms with van der Waals surface area (Å²) in [6, 6.07) is 27.4. The van der Waals surface area contributed by atoms with Gasteiger partial charge in [0.15, 0.2) is 0 Å². The van der Waals surface area contributed by atoms with Crippen molar-refractivity contribution in [2.75, 3.05) is 20.6 Å². The summed E-state index contributed by atoms with van der Waals surface area (Å²) in [5, 5.41) is 3.63. The van der Waals surface area contributed by atoms with Crippen molar-refractivity contribution in [3.05, 3.63) is 113 Å². The van der Waals surface area contributed by atoms with Gasteiger partial charge in [0, 0.05) is 23.2 Å². The van der Waals surface area contributed by atoms with Gasteiger partial charge in [0.05, 0.1) is 11.7 Å². The van der Waals surface area contributed by atoms with Gasteiger partial charge in [0.1, 0.15) is 0 Å².